The molecular formula is C34H23F3N2O6S. The van der Waals surface area contributed by atoms with Crippen molar-refractivity contribution < 1.29 is 36.6 Å². The molecule has 12 heteroatoms. The van der Waals surface area contributed by atoms with Crippen LogP contribution in [0.1, 0.15) is 35.4 Å². The van der Waals surface area contributed by atoms with Crippen molar-refractivity contribution in [2.45, 2.75) is 19.1 Å². The summed E-state index contributed by atoms with van der Waals surface area (Å²) in [5.41, 5.74) is 0.767. The van der Waals surface area contributed by atoms with E-state index < -0.39 is 29.3 Å². The first-order chi connectivity index (χ1) is 22.2. The van der Waals surface area contributed by atoms with E-state index in [4.69, 9.17) is 23.6 Å². The number of rotatable bonds is 6. The van der Waals surface area contributed by atoms with Crippen LogP contribution in [0.5, 0.6) is 11.5 Å². The summed E-state index contributed by atoms with van der Waals surface area (Å²) in [4.78, 5) is 32.9. The molecule has 2 aromatic heterocycles. The summed E-state index contributed by atoms with van der Waals surface area (Å²) < 4.78 is 64.0. The standard InChI is InChI=1S/C34H23F3N2O6S/c1-2-42-32(41)28-29(19-7-4-3-5-8-19)38-33-39(30(28)21-11-13-25-26(16-21)44-18-43-25)31(40)27(46-33)17-23-12-14-24(45-23)20-9-6-10-22(15-20)34(35,36)37/h3-17,30H,2,18H2,1H3/b27-17-. The van der Waals surface area contributed by atoms with Crippen LogP contribution in [-0.4, -0.2) is 23.9 Å². The number of esters is 1. The van der Waals surface area contributed by atoms with Crippen LogP contribution in [0.3, 0.4) is 0 Å². The van der Waals surface area contributed by atoms with Gasteiger partial charge in [-0.2, -0.15) is 13.2 Å². The third-order valence-electron chi connectivity index (χ3n) is 7.46. The smallest absolute Gasteiger partial charge is 0.416 e. The van der Waals surface area contributed by atoms with Gasteiger partial charge in [0, 0.05) is 17.2 Å². The van der Waals surface area contributed by atoms with Gasteiger partial charge in [0.05, 0.1) is 34.0 Å². The molecular weight excluding hydrogens is 621 g/mol. The number of benzene rings is 3. The van der Waals surface area contributed by atoms with Crippen LogP contribution < -0.4 is 24.4 Å². The third-order valence-corrected chi connectivity index (χ3v) is 8.44. The second kappa shape index (κ2) is 11.5. The Balaban J connectivity index is 1.40. The van der Waals surface area contributed by atoms with E-state index in [1.807, 2.05) is 30.3 Å². The number of alkyl halides is 3. The number of fused-ring (bicyclic) bond motifs is 2. The lowest BCUT2D eigenvalue weighted by molar-refractivity contribution is -0.139. The number of thiazole rings is 1. The van der Waals surface area contributed by atoms with Crippen molar-refractivity contribution in [3.63, 3.8) is 0 Å². The highest BCUT2D eigenvalue weighted by Crippen LogP contribution is 2.40. The Bertz CT molecular complexity index is 2200. The molecule has 2 aliphatic heterocycles. The van der Waals surface area contributed by atoms with Gasteiger partial charge in [0.1, 0.15) is 11.5 Å². The predicted molar refractivity (Wildman–Crippen MR) is 163 cm³/mol. The molecule has 0 saturated heterocycles. The molecule has 0 spiro atoms. The molecule has 1 atom stereocenters. The summed E-state index contributed by atoms with van der Waals surface area (Å²) in [6.07, 6.45) is -3.00. The average molecular weight is 645 g/mol. The molecule has 0 aliphatic carbocycles. The van der Waals surface area contributed by atoms with Crippen LogP contribution in [0.4, 0.5) is 13.2 Å². The lowest BCUT2D eigenvalue weighted by Crippen LogP contribution is -2.40. The fourth-order valence-electron chi connectivity index (χ4n) is 5.40. The Kier molecular flexibility index (Phi) is 7.36. The van der Waals surface area contributed by atoms with Crippen molar-refractivity contribution in [2.24, 2.45) is 4.99 Å². The van der Waals surface area contributed by atoms with Gasteiger partial charge >= 0.3 is 12.1 Å². The zero-order valence-electron chi connectivity index (χ0n) is 24.0. The fourth-order valence-corrected chi connectivity index (χ4v) is 6.38. The molecule has 0 radical (unpaired) electrons. The maximum absolute atomic E-state index is 14.1. The summed E-state index contributed by atoms with van der Waals surface area (Å²) in [6, 6.07) is 21.3. The molecule has 0 bridgehead atoms. The van der Waals surface area contributed by atoms with Gasteiger partial charge in [0.15, 0.2) is 16.3 Å². The maximum Gasteiger partial charge on any atom is 0.416 e. The summed E-state index contributed by atoms with van der Waals surface area (Å²) in [7, 11) is 0. The van der Waals surface area contributed by atoms with E-state index in [1.54, 1.807) is 37.3 Å². The molecule has 8 nitrogen and oxygen atoms in total. The van der Waals surface area contributed by atoms with Crippen LogP contribution >= 0.6 is 11.3 Å². The quantitative estimate of drug-likeness (QED) is 0.213. The van der Waals surface area contributed by atoms with Crippen molar-refractivity contribution >= 4 is 29.1 Å². The van der Waals surface area contributed by atoms with Crippen LogP contribution in [-0.2, 0) is 15.7 Å². The van der Waals surface area contributed by atoms with Crippen molar-refractivity contribution in [3.05, 3.63) is 133 Å². The highest BCUT2D eigenvalue weighted by atomic mass is 32.1. The number of ether oxygens (including phenoxy) is 3. The molecule has 0 saturated carbocycles. The van der Waals surface area contributed by atoms with Crippen LogP contribution in [0.2, 0.25) is 0 Å². The number of halogens is 3. The molecule has 46 heavy (non-hydrogen) atoms. The summed E-state index contributed by atoms with van der Waals surface area (Å²) in [5.74, 6) is 0.845. The van der Waals surface area contributed by atoms with Gasteiger partial charge in [0.25, 0.3) is 5.56 Å². The molecule has 2 aliphatic rings. The number of aromatic nitrogens is 1. The Morgan fingerprint density at radius 3 is 2.57 bits per heavy atom. The summed E-state index contributed by atoms with van der Waals surface area (Å²) >= 11 is 1.09. The minimum absolute atomic E-state index is 0.0447. The van der Waals surface area contributed by atoms with Gasteiger partial charge in [-0.3, -0.25) is 9.36 Å². The Hall–Kier alpha value is -5.36. The fraction of sp³-hybridized carbons (Fsp3) is 0.147. The van der Waals surface area contributed by atoms with E-state index in [2.05, 4.69) is 0 Å². The molecule has 3 aromatic carbocycles. The predicted octanol–water partition coefficient (Wildman–Crippen LogP) is 5.94. The zero-order valence-corrected chi connectivity index (χ0v) is 24.9. The van der Waals surface area contributed by atoms with Crippen LogP contribution in [0.25, 0.3) is 23.1 Å². The van der Waals surface area contributed by atoms with E-state index in [0.717, 1.165) is 23.5 Å². The lowest BCUT2D eigenvalue weighted by Gasteiger charge is -2.26. The molecule has 0 N–H and O–H groups in total. The summed E-state index contributed by atoms with van der Waals surface area (Å²) in [6.45, 7) is 1.85. The Labute approximate surface area is 262 Å². The molecule has 5 aromatic rings. The monoisotopic (exact) mass is 644 g/mol. The number of nitrogens with zero attached hydrogens (tertiary/aromatic N) is 2. The van der Waals surface area contributed by atoms with Crippen LogP contribution in [0, 0.1) is 0 Å². The van der Waals surface area contributed by atoms with Crippen molar-refractivity contribution in [1.82, 2.24) is 4.57 Å². The van der Waals surface area contributed by atoms with Crippen molar-refractivity contribution in [3.8, 4) is 22.8 Å². The van der Waals surface area contributed by atoms with Gasteiger partial charge in [-0.05, 0) is 48.9 Å². The second-order valence-corrected chi connectivity index (χ2v) is 11.3. The molecule has 1 unspecified atom stereocenters. The minimum Gasteiger partial charge on any atom is -0.463 e. The molecule has 4 heterocycles. The topological polar surface area (TPSA) is 92.3 Å². The number of hydrogen-bond donors (Lipinski definition) is 0. The highest BCUT2D eigenvalue weighted by molar-refractivity contribution is 7.07. The first-order valence-electron chi connectivity index (χ1n) is 14.2. The van der Waals surface area contributed by atoms with E-state index in [0.29, 0.717) is 33.1 Å². The van der Waals surface area contributed by atoms with E-state index in [9.17, 15) is 22.8 Å². The van der Waals surface area contributed by atoms with Gasteiger partial charge in [-0.25, -0.2) is 9.79 Å². The Morgan fingerprint density at radius 1 is 1.00 bits per heavy atom. The number of furan rings is 1. The SMILES string of the molecule is CCOC(=O)C1=C(c2ccccc2)N=c2s/c(=C\c3ccc(-c4cccc(C(F)(F)F)c4)o3)c(=O)n2C1c1ccc2c(c1)OCO2. The second-order valence-electron chi connectivity index (χ2n) is 10.3. The van der Waals surface area contributed by atoms with Gasteiger partial charge < -0.3 is 18.6 Å². The van der Waals surface area contributed by atoms with Crippen molar-refractivity contribution in [1.29, 1.82) is 0 Å². The normalized spacial score (nSPS) is 15.9. The van der Waals surface area contributed by atoms with Crippen molar-refractivity contribution in [2.75, 3.05) is 13.4 Å². The average Bonchev–Trinajstić information content (AvgIpc) is 3.80. The lowest BCUT2D eigenvalue weighted by atomic mass is 9.93. The van der Waals surface area contributed by atoms with Gasteiger partial charge in [-0.15, -0.1) is 0 Å². The molecule has 0 fully saturated rings. The first kappa shape index (κ1) is 29.4. The van der Waals surface area contributed by atoms with Gasteiger partial charge in [0.2, 0.25) is 6.79 Å². The Morgan fingerprint density at radius 2 is 1.78 bits per heavy atom. The highest BCUT2D eigenvalue weighted by Gasteiger charge is 2.36. The van der Waals surface area contributed by atoms with Gasteiger partial charge in [-0.1, -0.05) is 59.9 Å². The van der Waals surface area contributed by atoms with E-state index in [1.165, 1.54) is 22.8 Å². The zero-order chi connectivity index (χ0) is 32.0. The number of carbonyl (C=O) groups is 1. The van der Waals surface area contributed by atoms with E-state index >= 15 is 0 Å². The van der Waals surface area contributed by atoms with E-state index in [-0.39, 0.29) is 40.6 Å². The maximum atomic E-state index is 14.1. The molecule has 0 amide bonds. The minimum atomic E-state index is -4.50. The van der Waals surface area contributed by atoms with Crippen LogP contribution in [0.15, 0.2) is 105 Å². The summed E-state index contributed by atoms with van der Waals surface area (Å²) in [5, 5.41) is 0. The third kappa shape index (κ3) is 5.30. The molecule has 232 valence electrons. The largest absolute Gasteiger partial charge is 0.463 e. The first-order valence-corrected chi connectivity index (χ1v) is 15.0. The molecule has 7 rings (SSSR count). The number of carbonyl (C=O) groups excluding carboxylic acids is 1. The number of hydrogen-bond acceptors (Lipinski definition) is 8.